The first-order chi connectivity index (χ1) is 8.31. The van der Waals surface area contributed by atoms with Crippen LogP contribution < -0.4 is 5.32 Å². The Kier molecular flexibility index (Phi) is 4.42. The third kappa shape index (κ3) is 3.21. The number of aromatic amines is 1. The monoisotopic (exact) mass is 266 g/mol. The molecule has 1 aromatic carbocycles. The van der Waals surface area contributed by atoms with Crippen LogP contribution >= 0.6 is 24.0 Å². The predicted molar refractivity (Wildman–Crippen MR) is 77.3 cm³/mol. The smallest absolute Gasteiger partial charge is 0.134 e. The van der Waals surface area contributed by atoms with Crippen LogP contribution in [0.25, 0.3) is 10.9 Å². The van der Waals surface area contributed by atoms with Gasteiger partial charge >= 0.3 is 0 Å². The highest BCUT2D eigenvalue weighted by molar-refractivity contribution is 8.22. The minimum absolute atomic E-state index is 0.152. The SMILES string of the molecule is OCCSC(=S)NCc1c[nH]c2ccccc12. The third-order valence-corrected chi connectivity index (χ3v) is 3.71. The van der Waals surface area contributed by atoms with Crippen LogP contribution in [0.15, 0.2) is 30.5 Å². The van der Waals surface area contributed by atoms with Crippen LogP contribution in [0.4, 0.5) is 0 Å². The Morgan fingerprint density at radius 1 is 1.41 bits per heavy atom. The normalized spacial score (nSPS) is 10.6. The summed E-state index contributed by atoms with van der Waals surface area (Å²) in [6.07, 6.45) is 2.00. The van der Waals surface area contributed by atoms with Crippen LogP contribution in [-0.2, 0) is 6.54 Å². The molecule has 0 aliphatic heterocycles. The van der Waals surface area contributed by atoms with E-state index in [1.165, 1.54) is 22.7 Å². The van der Waals surface area contributed by atoms with E-state index in [-0.39, 0.29) is 6.61 Å². The summed E-state index contributed by atoms with van der Waals surface area (Å²) in [7, 11) is 0. The number of aromatic nitrogens is 1. The maximum Gasteiger partial charge on any atom is 0.134 e. The standard InChI is InChI=1S/C12H14N2OS2/c15-5-6-17-12(16)14-8-9-7-13-11-4-2-1-3-10(9)11/h1-4,7,13,15H,5-6,8H2,(H,14,16). The summed E-state index contributed by atoms with van der Waals surface area (Å²) in [4.78, 5) is 3.22. The fourth-order valence-corrected chi connectivity index (χ4v) is 2.41. The summed E-state index contributed by atoms with van der Waals surface area (Å²) >= 11 is 6.61. The molecule has 1 heterocycles. The van der Waals surface area contributed by atoms with E-state index in [1.54, 1.807) is 0 Å². The van der Waals surface area contributed by atoms with Crippen molar-refractivity contribution in [3.8, 4) is 0 Å². The van der Waals surface area contributed by atoms with E-state index in [1.807, 2.05) is 18.3 Å². The molecule has 0 aliphatic carbocycles. The van der Waals surface area contributed by atoms with E-state index in [2.05, 4.69) is 22.4 Å². The first kappa shape index (κ1) is 12.4. The zero-order valence-corrected chi connectivity index (χ0v) is 10.9. The number of aliphatic hydroxyl groups is 1. The second kappa shape index (κ2) is 6.05. The molecule has 3 N–H and O–H groups in total. The number of hydrogen-bond donors (Lipinski definition) is 3. The molecule has 90 valence electrons. The molecule has 0 spiro atoms. The molecule has 0 atom stereocenters. The molecular weight excluding hydrogens is 252 g/mol. The fourth-order valence-electron chi connectivity index (χ4n) is 1.63. The van der Waals surface area contributed by atoms with Crippen molar-refractivity contribution in [3.63, 3.8) is 0 Å². The van der Waals surface area contributed by atoms with Crippen LogP contribution in [0.2, 0.25) is 0 Å². The van der Waals surface area contributed by atoms with Crippen molar-refractivity contribution in [2.75, 3.05) is 12.4 Å². The first-order valence-corrected chi connectivity index (χ1v) is 6.77. The average molecular weight is 266 g/mol. The Morgan fingerprint density at radius 3 is 3.06 bits per heavy atom. The van der Waals surface area contributed by atoms with Crippen molar-refractivity contribution in [3.05, 3.63) is 36.0 Å². The van der Waals surface area contributed by atoms with Gasteiger partial charge in [0.2, 0.25) is 0 Å². The second-order valence-corrected chi connectivity index (χ2v) is 5.34. The zero-order chi connectivity index (χ0) is 12.1. The minimum atomic E-state index is 0.152. The summed E-state index contributed by atoms with van der Waals surface area (Å²) in [6.45, 7) is 0.862. The van der Waals surface area contributed by atoms with E-state index < -0.39 is 0 Å². The number of rotatable bonds is 4. The van der Waals surface area contributed by atoms with Gasteiger partial charge in [-0.2, -0.15) is 0 Å². The number of hydrogen-bond acceptors (Lipinski definition) is 3. The van der Waals surface area contributed by atoms with Gasteiger partial charge in [-0.1, -0.05) is 42.2 Å². The maximum absolute atomic E-state index is 8.70. The summed E-state index contributed by atoms with van der Waals surface area (Å²) in [5, 5.41) is 13.1. The molecule has 2 rings (SSSR count). The predicted octanol–water partition coefficient (Wildman–Crippen LogP) is 2.27. The first-order valence-electron chi connectivity index (χ1n) is 5.37. The quantitative estimate of drug-likeness (QED) is 0.743. The van der Waals surface area contributed by atoms with E-state index in [0.29, 0.717) is 12.3 Å². The third-order valence-electron chi connectivity index (χ3n) is 2.42. The van der Waals surface area contributed by atoms with Crippen LogP contribution in [0.5, 0.6) is 0 Å². The van der Waals surface area contributed by atoms with Crippen molar-refractivity contribution in [1.82, 2.24) is 10.3 Å². The molecule has 0 bridgehead atoms. The Hall–Kier alpha value is -1.04. The molecule has 0 saturated carbocycles. The van der Waals surface area contributed by atoms with Gasteiger partial charge in [-0.25, -0.2) is 0 Å². The lowest BCUT2D eigenvalue weighted by Crippen LogP contribution is -2.18. The number of aliphatic hydroxyl groups excluding tert-OH is 1. The number of para-hydroxylation sites is 1. The fraction of sp³-hybridized carbons (Fsp3) is 0.250. The molecule has 3 nitrogen and oxygen atoms in total. The Labute approximate surface area is 110 Å². The molecule has 5 heteroatoms. The highest BCUT2D eigenvalue weighted by Gasteiger charge is 2.03. The number of nitrogens with one attached hydrogen (secondary N) is 2. The van der Waals surface area contributed by atoms with Crippen molar-refractivity contribution in [2.45, 2.75) is 6.54 Å². The van der Waals surface area contributed by atoms with E-state index in [9.17, 15) is 0 Å². The van der Waals surface area contributed by atoms with Gasteiger partial charge in [0.15, 0.2) is 0 Å². The molecule has 0 unspecified atom stereocenters. The van der Waals surface area contributed by atoms with Gasteiger partial charge in [-0.3, -0.25) is 0 Å². The molecule has 0 radical (unpaired) electrons. The molecule has 0 amide bonds. The Bertz CT molecular complexity index is 510. The van der Waals surface area contributed by atoms with Gasteiger partial charge in [0.1, 0.15) is 4.32 Å². The summed E-state index contributed by atoms with van der Waals surface area (Å²) < 4.78 is 0.726. The van der Waals surface area contributed by atoms with Crippen LogP contribution in [0, 0.1) is 0 Å². The second-order valence-electron chi connectivity index (χ2n) is 3.57. The molecule has 0 aliphatic rings. The van der Waals surface area contributed by atoms with Crippen molar-refractivity contribution >= 4 is 39.2 Å². The van der Waals surface area contributed by atoms with Gasteiger partial charge in [0, 0.05) is 29.4 Å². The number of benzene rings is 1. The van der Waals surface area contributed by atoms with E-state index in [0.717, 1.165) is 9.84 Å². The van der Waals surface area contributed by atoms with Crippen LogP contribution in [-0.4, -0.2) is 26.8 Å². The van der Waals surface area contributed by atoms with Gasteiger partial charge in [0.05, 0.1) is 6.61 Å². The number of thiocarbonyl (C=S) groups is 1. The molecule has 1 aromatic heterocycles. The molecule has 0 fully saturated rings. The minimum Gasteiger partial charge on any atom is -0.396 e. The maximum atomic E-state index is 8.70. The highest BCUT2D eigenvalue weighted by atomic mass is 32.2. The van der Waals surface area contributed by atoms with E-state index >= 15 is 0 Å². The molecule has 0 saturated heterocycles. The molecular formula is C12H14N2OS2. The Balaban J connectivity index is 1.97. The summed E-state index contributed by atoms with van der Waals surface area (Å²) in [5.41, 5.74) is 2.34. The molecule has 17 heavy (non-hydrogen) atoms. The zero-order valence-electron chi connectivity index (χ0n) is 9.27. The van der Waals surface area contributed by atoms with Crippen LogP contribution in [0.3, 0.4) is 0 Å². The lowest BCUT2D eigenvalue weighted by molar-refractivity contribution is 0.323. The topological polar surface area (TPSA) is 48.0 Å². The van der Waals surface area contributed by atoms with Gasteiger partial charge in [0.25, 0.3) is 0 Å². The Morgan fingerprint density at radius 2 is 2.24 bits per heavy atom. The van der Waals surface area contributed by atoms with Crippen molar-refractivity contribution in [2.24, 2.45) is 0 Å². The van der Waals surface area contributed by atoms with Gasteiger partial charge in [-0.05, 0) is 11.6 Å². The number of H-pyrrole nitrogens is 1. The molecule has 2 aromatic rings. The summed E-state index contributed by atoms with van der Waals surface area (Å²) in [6, 6.07) is 8.18. The lowest BCUT2D eigenvalue weighted by Gasteiger charge is -2.05. The van der Waals surface area contributed by atoms with E-state index in [4.69, 9.17) is 17.3 Å². The van der Waals surface area contributed by atoms with Gasteiger partial charge in [-0.15, -0.1) is 0 Å². The highest BCUT2D eigenvalue weighted by Crippen LogP contribution is 2.17. The average Bonchev–Trinajstić information content (AvgIpc) is 2.77. The number of fused-ring (bicyclic) bond motifs is 1. The van der Waals surface area contributed by atoms with Gasteiger partial charge < -0.3 is 15.4 Å². The largest absolute Gasteiger partial charge is 0.396 e. The summed E-state index contributed by atoms with van der Waals surface area (Å²) in [5.74, 6) is 0.639. The van der Waals surface area contributed by atoms with Crippen LogP contribution in [0.1, 0.15) is 5.56 Å². The number of thioether (sulfide) groups is 1. The lowest BCUT2D eigenvalue weighted by atomic mass is 10.2. The van der Waals surface area contributed by atoms with Crippen molar-refractivity contribution in [1.29, 1.82) is 0 Å². The van der Waals surface area contributed by atoms with Crippen molar-refractivity contribution < 1.29 is 5.11 Å².